The lowest BCUT2D eigenvalue weighted by Gasteiger charge is -2.33. The molecule has 2 N–H and O–H groups in total. The molecule has 0 aliphatic carbocycles. The zero-order valence-corrected chi connectivity index (χ0v) is 20.3. The second-order valence-electron chi connectivity index (χ2n) is 7.88. The van der Waals surface area contributed by atoms with Gasteiger partial charge in [0.05, 0.1) is 10.6 Å². The van der Waals surface area contributed by atoms with Gasteiger partial charge in [-0.05, 0) is 60.0 Å². The first kappa shape index (κ1) is 25.2. The Morgan fingerprint density at radius 3 is 2.42 bits per heavy atom. The quantitative estimate of drug-likeness (QED) is 0.472. The van der Waals surface area contributed by atoms with Crippen LogP contribution in [0.25, 0.3) is 10.8 Å². The number of carbonyl (C=O) groups excluding carboxylic acids is 1. The van der Waals surface area contributed by atoms with Gasteiger partial charge in [0.2, 0.25) is 5.91 Å². The van der Waals surface area contributed by atoms with E-state index in [0.29, 0.717) is 5.02 Å². The largest absolute Gasteiger partial charge is 0.371 e. The van der Waals surface area contributed by atoms with Crippen molar-refractivity contribution in [2.45, 2.75) is 30.2 Å². The summed E-state index contributed by atoms with van der Waals surface area (Å²) in [5, 5.41) is 2.26. The van der Waals surface area contributed by atoms with Crippen LogP contribution in [0.5, 0.6) is 0 Å². The number of nitrogens with one attached hydrogen (secondary N) is 2. The van der Waals surface area contributed by atoms with Gasteiger partial charge in [0.15, 0.2) is 9.84 Å². The summed E-state index contributed by atoms with van der Waals surface area (Å²) in [6, 6.07) is 14.3. The molecule has 0 atom stereocenters. The molecule has 0 saturated carbocycles. The van der Waals surface area contributed by atoms with Crippen molar-refractivity contribution in [3.63, 3.8) is 0 Å². The summed E-state index contributed by atoms with van der Waals surface area (Å²) >= 11 is 5.98. The van der Waals surface area contributed by atoms with Gasteiger partial charge < -0.3 is 4.90 Å². The number of hydrogen-bond donors (Lipinski definition) is 2. The van der Waals surface area contributed by atoms with Crippen LogP contribution in [0.15, 0.2) is 65.8 Å². The molecule has 2 heterocycles. The van der Waals surface area contributed by atoms with E-state index in [9.17, 15) is 13.2 Å². The fraction of sp³-hybridized carbons (Fsp3) is 0.304. The lowest BCUT2D eigenvalue weighted by atomic mass is 10.1. The number of hydrazine groups is 1. The van der Waals surface area contributed by atoms with E-state index in [1.54, 1.807) is 48.8 Å². The Labute approximate surface area is 204 Å². The van der Waals surface area contributed by atoms with Crippen molar-refractivity contribution in [2.24, 2.45) is 0 Å². The molecular formula is C23H26Cl2N4O3S. The van der Waals surface area contributed by atoms with Crippen molar-refractivity contribution >= 4 is 56.2 Å². The van der Waals surface area contributed by atoms with E-state index in [1.165, 1.54) is 0 Å². The lowest BCUT2D eigenvalue weighted by molar-refractivity contribution is -0.122. The Morgan fingerprint density at radius 2 is 1.70 bits per heavy atom. The summed E-state index contributed by atoms with van der Waals surface area (Å²) in [6.45, 7) is 1.75. The molecular weight excluding hydrogens is 483 g/mol. The number of piperidine rings is 1. The molecule has 10 heteroatoms. The van der Waals surface area contributed by atoms with Gasteiger partial charge in [-0.2, -0.15) is 0 Å². The fourth-order valence-corrected chi connectivity index (χ4v) is 5.27. The van der Waals surface area contributed by atoms with Crippen LogP contribution in [-0.4, -0.2) is 44.2 Å². The van der Waals surface area contributed by atoms with Gasteiger partial charge in [-0.25, -0.2) is 13.8 Å². The van der Waals surface area contributed by atoms with Crippen LogP contribution in [0.3, 0.4) is 0 Å². The molecule has 0 bridgehead atoms. The predicted octanol–water partition coefficient (Wildman–Crippen LogP) is 3.76. The highest BCUT2D eigenvalue weighted by atomic mass is 35.5. The molecule has 2 aromatic carbocycles. The fourth-order valence-electron chi connectivity index (χ4n) is 3.81. The summed E-state index contributed by atoms with van der Waals surface area (Å²) in [6.07, 6.45) is 5.21. The van der Waals surface area contributed by atoms with Gasteiger partial charge in [0.25, 0.3) is 0 Å². The number of hydrogen-bond acceptors (Lipinski definition) is 6. The molecule has 0 radical (unpaired) electrons. The molecule has 3 aromatic rings. The Kier molecular flexibility index (Phi) is 8.53. The Balaban J connectivity index is 0.00000306. The average molecular weight is 509 g/mol. The third-order valence-electron chi connectivity index (χ3n) is 5.67. The number of rotatable bonds is 7. The van der Waals surface area contributed by atoms with Crippen LogP contribution in [0, 0.1) is 0 Å². The van der Waals surface area contributed by atoms with Crippen LogP contribution in [0.2, 0.25) is 5.02 Å². The lowest BCUT2D eigenvalue weighted by Crippen LogP contribution is -2.49. The molecule has 1 aromatic heterocycles. The van der Waals surface area contributed by atoms with Crippen molar-refractivity contribution < 1.29 is 13.2 Å². The van der Waals surface area contributed by atoms with E-state index >= 15 is 0 Å². The third-order valence-corrected chi connectivity index (χ3v) is 7.62. The minimum absolute atomic E-state index is 0. The zero-order chi connectivity index (χ0) is 22.6. The second kappa shape index (κ2) is 11.2. The smallest absolute Gasteiger partial charge is 0.235 e. The Hall–Kier alpha value is -2.39. The van der Waals surface area contributed by atoms with Crippen molar-refractivity contribution in [1.29, 1.82) is 0 Å². The van der Waals surface area contributed by atoms with Crippen LogP contribution >= 0.6 is 24.0 Å². The highest BCUT2D eigenvalue weighted by Crippen LogP contribution is 2.23. The van der Waals surface area contributed by atoms with E-state index in [1.807, 2.05) is 12.1 Å². The van der Waals surface area contributed by atoms with Crippen LogP contribution in [-0.2, 0) is 14.6 Å². The molecule has 7 nitrogen and oxygen atoms in total. The zero-order valence-electron chi connectivity index (χ0n) is 17.9. The number of halogens is 2. The molecule has 4 rings (SSSR count). The van der Waals surface area contributed by atoms with Gasteiger partial charge in [-0.3, -0.25) is 15.2 Å². The van der Waals surface area contributed by atoms with Crippen LogP contribution < -0.4 is 15.8 Å². The third kappa shape index (κ3) is 6.57. The van der Waals surface area contributed by atoms with Crippen LogP contribution in [0.4, 0.5) is 5.69 Å². The monoisotopic (exact) mass is 508 g/mol. The van der Waals surface area contributed by atoms with Gasteiger partial charge in [0.1, 0.15) is 0 Å². The summed E-state index contributed by atoms with van der Waals surface area (Å²) < 4.78 is 25.4. The van der Waals surface area contributed by atoms with E-state index < -0.39 is 9.84 Å². The Morgan fingerprint density at radius 1 is 1.03 bits per heavy atom. The molecule has 1 amide bonds. The standard InChI is InChI=1S/C23H25ClN4O3S.ClH/c24-19-3-1-18-16-22(4-2-17(18)15-19)32(30,31)14-9-23(29)27-26-20-7-12-28(13-8-20)21-5-10-25-11-6-21;/h1-6,10-11,15-16,20,26H,7-9,12-14H2,(H,27,29);1H. The number of benzene rings is 2. The number of sulfone groups is 1. The average Bonchev–Trinajstić information content (AvgIpc) is 2.82. The number of carbonyl (C=O) groups is 1. The van der Waals surface area contributed by atoms with Gasteiger partial charge in [-0.1, -0.05) is 23.7 Å². The van der Waals surface area contributed by atoms with E-state index in [2.05, 4.69) is 20.7 Å². The van der Waals surface area contributed by atoms with Crippen molar-refractivity contribution in [3.8, 4) is 0 Å². The number of amides is 1. The SMILES string of the molecule is Cl.O=C(CCS(=O)(=O)c1ccc2cc(Cl)ccc2c1)NNC1CCN(c2ccncc2)CC1. The Bertz CT molecular complexity index is 1200. The molecule has 33 heavy (non-hydrogen) atoms. The van der Waals surface area contributed by atoms with Crippen molar-refractivity contribution in [3.05, 3.63) is 65.9 Å². The van der Waals surface area contributed by atoms with E-state index in [0.717, 1.165) is 42.4 Å². The number of fused-ring (bicyclic) bond motifs is 1. The molecule has 1 fully saturated rings. The maximum atomic E-state index is 12.7. The molecule has 0 unspecified atom stereocenters. The van der Waals surface area contributed by atoms with Gasteiger partial charge >= 0.3 is 0 Å². The first-order chi connectivity index (χ1) is 15.4. The number of pyridine rings is 1. The van der Waals surface area contributed by atoms with Gasteiger partial charge in [-0.15, -0.1) is 12.4 Å². The normalized spacial score (nSPS) is 14.6. The van der Waals surface area contributed by atoms with E-state index in [-0.39, 0.29) is 41.4 Å². The predicted molar refractivity (Wildman–Crippen MR) is 134 cm³/mol. The summed E-state index contributed by atoms with van der Waals surface area (Å²) in [4.78, 5) is 18.8. The van der Waals surface area contributed by atoms with E-state index in [4.69, 9.17) is 11.6 Å². The minimum Gasteiger partial charge on any atom is -0.371 e. The number of nitrogens with zero attached hydrogens (tertiary/aromatic N) is 2. The number of anilines is 1. The van der Waals surface area contributed by atoms with Gasteiger partial charge in [0, 0.05) is 48.7 Å². The first-order valence-electron chi connectivity index (χ1n) is 10.5. The van der Waals surface area contributed by atoms with Crippen molar-refractivity contribution in [1.82, 2.24) is 15.8 Å². The first-order valence-corrected chi connectivity index (χ1v) is 12.6. The summed E-state index contributed by atoms with van der Waals surface area (Å²) in [7, 11) is -3.57. The topological polar surface area (TPSA) is 91.4 Å². The molecule has 1 saturated heterocycles. The molecule has 1 aliphatic rings. The maximum absolute atomic E-state index is 12.7. The molecule has 1 aliphatic heterocycles. The molecule has 0 spiro atoms. The van der Waals surface area contributed by atoms with Crippen molar-refractivity contribution in [2.75, 3.05) is 23.7 Å². The number of aromatic nitrogens is 1. The molecule has 176 valence electrons. The summed E-state index contributed by atoms with van der Waals surface area (Å²) in [5.74, 6) is -0.585. The minimum atomic E-state index is -3.57. The summed E-state index contributed by atoms with van der Waals surface area (Å²) in [5.41, 5.74) is 6.87. The second-order valence-corrected chi connectivity index (χ2v) is 10.4. The van der Waals surface area contributed by atoms with Crippen LogP contribution in [0.1, 0.15) is 19.3 Å². The highest BCUT2D eigenvalue weighted by molar-refractivity contribution is 7.91. The highest BCUT2D eigenvalue weighted by Gasteiger charge is 2.21. The maximum Gasteiger partial charge on any atom is 0.235 e.